The number of nitrogens with zero attached hydrogens (tertiary/aromatic N) is 2. The first-order valence-electron chi connectivity index (χ1n) is 22.2. The van der Waals surface area contributed by atoms with Crippen molar-refractivity contribution in [1.82, 2.24) is 0 Å². The summed E-state index contributed by atoms with van der Waals surface area (Å²) in [5, 5.41) is 0. The number of fused-ring (bicyclic) bond motifs is 7. The van der Waals surface area contributed by atoms with E-state index in [9.17, 15) is 9.59 Å². The van der Waals surface area contributed by atoms with Crippen LogP contribution < -0.4 is 0 Å². The van der Waals surface area contributed by atoms with E-state index in [1.165, 1.54) is 44.1 Å². The van der Waals surface area contributed by atoms with Crippen LogP contribution in [0.25, 0.3) is 0 Å². The summed E-state index contributed by atoms with van der Waals surface area (Å²) in [5.41, 5.74) is 1.97. The van der Waals surface area contributed by atoms with Crippen molar-refractivity contribution in [3.05, 3.63) is 36.5 Å². The van der Waals surface area contributed by atoms with E-state index in [1.54, 1.807) is 0 Å². The number of rotatable bonds is 10. The number of allylic oxidation sites excluding steroid dienone is 3. The number of carbonyl (C=O) groups excluding carboxylic acids is 2. The van der Waals surface area contributed by atoms with E-state index in [0.29, 0.717) is 36.2 Å². The van der Waals surface area contributed by atoms with Gasteiger partial charge in [0.25, 0.3) is 0 Å². The molecule has 298 valence electrons. The second-order valence-corrected chi connectivity index (χ2v) is 20.5. The molecule has 0 spiro atoms. The van der Waals surface area contributed by atoms with Crippen LogP contribution in [0.5, 0.6) is 0 Å². The summed E-state index contributed by atoms with van der Waals surface area (Å²) in [5.74, 6) is 2.71. The van der Waals surface area contributed by atoms with E-state index in [4.69, 9.17) is 9.47 Å². The zero-order valence-corrected chi connectivity index (χ0v) is 35.3. The van der Waals surface area contributed by atoms with Gasteiger partial charge in [0.05, 0.1) is 6.61 Å². The lowest BCUT2D eigenvalue weighted by atomic mass is 9.32. The molecule has 5 saturated carbocycles. The standard InChI is InChI=1S/C48H74N2O4/c1-10-36(49-28-14-12-15-29-49)42(51)53-32-48-25-20-34(33(3)4)41(48)35-18-19-39-45(7)23-22-40(54-43(52)37(11-2)50-30-16-13-17-31-50)44(5,6)38(45)21-24-47(39,9)46(35,8)26-27-48/h12-14,16,28,30,34-41H,3,10-11,15,17-27,29,31-32H2,1-2,4-9H3/q+2/t34-,35?,36?,37?,38?,39?,40-,41?,45-,46+,47+,48+/m0/s1. The van der Waals surface area contributed by atoms with Crippen LogP contribution >= 0.6 is 0 Å². The van der Waals surface area contributed by atoms with E-state index in [1.807, 2.05) is 0 Å². The van der Waals surface area contributed by atoms with E-state index in [2.05, 4.69) is 108 Å². The van der Waals surface area contributed by atoms with Gasteiger partial charge < -0.3 is 9.47 Å². The lowest BCUT2D eigenvalue weighted by Gasteiger charge is -2.73. The summed E-state index contributed by atoms with van der Waals surface area (Å²) >= 11 is 0. The first-order valence-corrected chi connectivity index (χ1v) is 22.2. The fourth-order valence-corrected chi connectivity index (χ4v) is 15.0. The molecule has 7 rings (SSSR count). The molecule has 0 amide bonds. The third-order valence-corrected chi connectivity index (χ3v) is 18.0. The fraction of sp³-hybridized carbons (Fsp3) is 0.792. The SMILES string of the molecule is C=C(C)[C@@H]1CC[C@]2(COC(=O)C(CC)[N+]3=CC=CCC3)CC[C@]3(C)C(CCC4[C@@]5(C)CC[C@H](OC(=O)C(CC)[N+]6=CC=CCC6)C(C)(C)C5CC[C@]43C)C12. The molecule has 6 unspecified atom stereocenters. The lowest BCUT2D eigenvalue weighted by molar-refractivity contribution is -0.551. The maximum absolute atomic E-state index is 13.8. The molecule has 5 fully saturated rings. The highest BCUT2D eigenvalue weighted by atomic mass is 16.5. The average Bonchev–Trinajstić information content (AvgIpc) is 3.54. The predicted molar refractivity (Wildman–Crippen MR) is 218 cm³/mol. The molecule has 6 heteroatoms. The average molecular weight is 743 g/mol. The number of hydrogen-bond acceptors (Lipinski definition) is 4. The van der Waals surface area contributed by atoms with Gasteiger partial charge in [-0.15, -0.1) is 0 Å². The molecule has 0 N–H and O–H groups in total. The summed E-state index contributed by atoms with van der Waals surface area (Å²) in [6, 6.07) is -0.410. The summed E-state index contributed by atoms with van der Waals surface area (Å²) in [7, 11) is 0. The van der Waals surface area contributed by atoms with Gasteiger partial charge in [-0.2, -0.15) is 0 Å². The number of carbonyl (C=O) groups is 2. The van der Waals surface area contributed by atoms with E-state index in [-0.39, 0.29) is 57.2 Å². The van der Waals surface area contributed by atoms with Gasteiger partial charge in [0.2, 0.25) is 12.1 Å². The smallest absolute Gasteiger partial charge is 0.375 e. The van der Waals surface area contributed by atoms with E-state index in [0.717, 1.165) is 64.5 Å². The number of hydrogen-bond donors (Lipinski definition) is 0. The van der Waals surface area contributed by atoms with Crippen LogP contribution in [0.4, 0.5) is 0 Å². The first kappa shape index (κ1) is 39.7. The van der Waals surface area contributed by atoms with Crippen molar-refractivity contribution in [1.29, 1.82) is 0 Å². The molecular formula is C48H74N2O4+2. The monoisotopic (exact) mass is 743 g/mol. The normalized spacial score (nSPS) is 41.9. The van der Waals surface area contributed by atoms with Crippen molar-refractivity contribution in [3.63, 3.8) is 0 Å². The summed E-state index contributed by atoms with van der Waals surface area (Å²) < 4.78 is 17.4. The van der Waals surface area contributed by atoms with Gasteiger partial charge in [0.1, 0.15) is 19.2 Å². The molecule has 2 aliphatic heterocycles. The predicted octanol–water partition coefficient (Wildman–Crippen LogP) is 9.74. The molecule has 0 bridgehead atoms. The Bertz CT molecular complexity index is 1600. The maximum Gasteiger partial charge on any atom is 0.375 e. The molecule has 0 aromatic rings. The Morgan fingerprint density at radius 3 is 2.00 bits per heavy atom. The molecule has 0 aromatic carbocycles. The molecule has 0 aromatic heterocycles. The minimum Gasteiger partial charge on any atom is -0.460 e. The van der Waals surface area contributed by atoms with Crippen LogP contribution in [0, 0.1) is 56.7 Å². The summed E-state index contributed by atoms with van der Waals surface area (Å²) in [4.78, 5) is 27.6. The highest BCUT2D eigenvalue weighted by Crippen LogP contribution is 2.77. The second kappa shape index (κ2) is 14.8. The molecule has 2 heterocycles. The molecule has 6 nitrogen and oxygen atoms in total. The van der Waals surface area contributed by atoms with Crippen LogP contribution in [0.15, 0.2) is 36.5 Å². The van der Waals surface area contributed by atoms with Crippen molar-refractivity contribution in [2.45, 2.75) is 163 Å². The van der Waals surface area contributed by atoms with Crippen LogP contribution in [0.1, 0.15) is 145 Å². The zero-order valence-electron chi connectivity index (χ0n) is 35.3. The van der Waals surface area contributed by atoms with Gasteiger partial charge >= 0.3 is 11.9 Å². The summed E-state index contributed by atoms with van der Waals surface area (Å²) in [6.07, 6.45) is 27.8. The zero-order chi connectivity index (χ0) is 38.7. The minimum absolute atomic E-state index is 0.0356. The highest BCUT2D eigenvalue weighted by Gasteiger charge is 2.71. The van der Waals surface area contributed by atoms with Crippen LogP contribution in [-0.2, 0) is 19.1 Å². The van der Waals surface area contributed by atoms with Gasteiger partial charge in [-0.1, -0.05) is 72.8 Å². The summed E-state index contributed by atoms with van der Waals surface area (Å²) in [6.45, 7) is 26.3. The van der Waals surface area contributed by atoms with Gasteiger partial charge in [0.15, 0.2) is 12.4 Å². The Morgan fingerprint density at radius 1 is 0.759 bits per heavy atom. The van der Waals surface area contributed by atoms with Gasteiger partial charge in [-0.05, 0) is 129 Å². The number of ether oxygens (including phenoxy) is 2. The molecule has 0 radical (unpaired) electrons. The Labute approximate surface area is 328 Å². The van der Waals surface area contributed by atoms with Crippen molar-refractivity contribution in [2.24, 2.45) is 56.7 Å². The number of esters is 2. The Hall–Kier alpha value is -2.50. The molecule has 0 saturated heterocycles. The minimum atomic E-state index is -0.205. The second-order valence-electron chi connectivity index (χ2n) is 20.5. The van der Waals surface area contributed by atoms with Crippen molar-refractivity contribution < 1.29 is 28.2 Å². The van der Waals surface area contributed by atoms with Crippen LogP contribution in [0.2, 0.25) is 0 Å². The topological polar surface area (TPSA) is 58.6 Å². The third-order valence-electron chi connectivity index (χ3n) is 18.0. The van der Waals surface area contributed by atoms with Crippen molar-refractivity contribution in [2.75, 3.05) is 19.7 Å². The van der Waals surface area contributed by atoms with Crippen molar-refractivity contribution >= 4 is 24.4 Å². The Morgan fingerprint density at radius 2 is 1.41 bits per heavy atom. The Kier molecular flexibility index (Phi) is 10.9. The van der Waals surface area contributed by atoms with Gasteiger partial charge in [0, 0.05) is 36.5 Å². The third kappa shape index (κ3) is 6.25. The molecular weight excluding hydrogens is 669 g/mol. The van der Waals surface area contributed by atoms with Crippen molar-refractivity contribution in [3.8, 4) is 0 Å². The first-order chi connectivity index (χ1) is 25.7. The van der Waals surface area contributed by atoms with Crippen LogP contribution in [0.3, 0.4) is 0 Å². The maximum atomic E-state index is 13.8. The molecule has 54 heavy (non-hydrogen) atoms. The molecule has 7 aliphatic rings. The fourth-order valence-electron chi connectivity index (χ4n) is 15.0. The van der Waals surface area contributed by atoms with Crippen LogP contribution in [-0.4, -0.2) is 71.4 Å². The van der Waals surface area contributed by atoms with E-state index < -0.39 is 0 Å². The highest BCUT2D eigenvalue weighted by molar-refractivity contribution is 5.77. The molecule has 12 atom stereocenters. The Balaban J connectivity index is 1.11. The van der Waals surface area contributed by atoms with E-state index >= 15 is 0 Å². The lowest BCUT2D eigenvalue weighted by Crippen LogP contribution is -2.67. The van der Waals surface area contributed by atoms with Gasteiger partial charge in [-0.3, -0.25) is 0 Å². The quantitative estimate of drug-likeness (QED) is 0.127. The largest absolute Gasteiger partial charge is 0.460 e. The molecule has 5 aliphatic carbocycles. The van der Waals surface area contributed by atoms with Gasteiger partial charge in [-0.25, -0.2) is 18.7 Å².